The summed E-state index contributed by atoms with van der Waals surface area (Å²) in [6, 6.07) is 5.68. The summed E-state index contributed by atoms with van der Waals surface area (Å²) in [6.07, 6.45) is 1.01. The molecule has 0 unspecified atom stereocenters. The molecule has 3 nitrogen and oxygen atoms in total. The van der Waals surface area contributed by atoms with E-state index in [0.717, 1.165) is 28.9 Å². The molecule has 0 radical (unpaired) electrons. The summed E-state index contributed by atoms with van der Waals surface area (Å²) in [5.74, 6) is 1.02. The largest absolute Gasteiger partial charge is 0.497 e. The monoisotopic (exact) mass is 299 g/mol. The van der Waals surface area contributed by atoms with E-state index >= 15 is 0 Å². The highest BCUT2D eigenvalue weighted by atomic mass is 79.9. The molecular formula is C13H18BrNO2. The second kappa shape index (κ2) is 7.45. The van der Waals surface area contributed by atoms with Crippen LogP contribution in [0, 0.1) is 0 Å². The molecule has 0 atom stereocenters. The molecule has 0 aromatic heterocycles. The zero-order valence-corrected chi connectivity index (χ0v) is 11.8. The van der Waals surface area contributed by atoms with Gasteiger partial charge in [0.1, 0.15) is 11.5 Å². The van der Waals surface area contributed by atoms with Crippen molar-refractivity contribution in [2.75, 3.05) is 20.2 Å². The molecular weight excluding hydrogens is 282 g/mol. The van der Waals surface area contributed by atoms with E-state index in [1.54, 1.807) is 7.11 Å². The fourth-order valence-electron chi connectivity index (χ4n) is 1.52. The summed E-state index contributed by atoms with van der Waals surface area (Å²) < 4.78 is 6.10. The number of methoxy groups -OCH3 is 1. The van der Waals surface area contributed by atoms with Crippen molar-refractivity contribution in [1.29, 1.82) is 0 Å². The summed E-state index contributed by atoms with van der Waals surface area (Å²) in [4.78, 5) is 11.7. The van der Waals surface area contributed by atoms with Crippen LogP contribution in [0.2, 0.25) is 0 Å². The van der Waals surface area contributed by atoms with Crippen molar-refractivity contribution in [2.24, 2.45) is 0 Å². The van der Waals surface area contributed by atoms with Gasteiger partial charge in [0.15, 0.2) is 0 Å². The molecule has 0 aliphatic rings. The minimum atomic E-state index is 0.236. The molecule has 1 aromatic rings. The Morgan fingerprint density at radius 3 is 2.88 bits per heavy atom. The highest BCUT2D eigenvalue weighted by Gasteiger charge is 2.08. The van der Waals surface area contributed by atoms with Gasteiger partial charge in [-0.05, 0) is 30.3 Å². The van der Waals surface area contributed by atoms with Crippen LogP contribution in [-0.2, 0) is 11.2 Å². The van der Waals surface area contributed by atoms with Crippen molar-refractivity contribution in [3.63, 3.8) is 0 Å². The average Bonchev–Trinajstić information content (AvgIpc) is 2.32. The van der Waals surface area contributed by atoms with Crippen LogP contribution < -0.4 is 10.1 Å². The molecule has 0 saturated heterocycles. The van der Waals surface area contributed by atoms with Crippen LogP contribution in [0.5, 0.6) is 5.75 Å². The molecule has 0 aliphatic carbocycles. The van der Waals surface area contributed by atoms with Gasteiger partial charge in [-0.3, -0.25) is 4.79 Å². The minimum absolute atomic E-state index is 0.236. The standard InChI is InChI=1S/C13H18BrNO2/c1-3-15-7-6-11(16)8-10-9-12(17-2)4-5-13(10)14/h4-5,9,15H,3,6-8H2,1-2H3. The van der Waals surface area contributed by atoms with E-state index in [1.807, 2.05) is 25.1 Å². The summed E-state index contributed by atoms with van der Waals surface area (Å²) in [6.45, 7) is 3.68. The lowest BCUT2D eigenvalue weighted by Gasteiger charge is -2.07. The molecule has 94 valence electrons. The number of rotatable bonds is 7. The Morgan fingerprint density at radius 1 is 1.47 bits per heavy atom. The number of Topliss-reactive ketones (excluding diaryl/α,β-unsaturated/α-hetero) is 1. The van der Waals surface area contributed by atoms with Gasteiger partial charge in [-0.15, -0.1) is 0 Å². The van der Waals surface area contributed by atoms with Crippen LogP contribution in [0.15, 0.2) is 22.7 Å². The minimum Gasteiger partial charge on any atom is -0.497 e. The lowest BCUT2D eigenvalue weighted by atomic mass is 10.1. The van der Waals surface area contributed by atoms with Crippen molar-refractivity contribution in [1.82, 2.24) is 5.32 Å². The first-order valence-corrected chi connectivity index (χ1v) is 6.51. The van der Waals surface area contributed by atoms with E-state index in [0.29, 0.717) is 12.8 Å². The van der Waals surface area contributed by atoms with Gasteiger partial charge >= 0.3 is 0 Å². The number of halogens is 1. The molecule has 0 saturated carbocycles. The topological polar surface area (TPSA) is 38.3 Å². The Hall–Kier alpha value is -0.870. The molecule has 4 heteroatoms. The normalized spacial score (nSPS) is 10.3. The van der Waals surface area contributed by atoms with Crippen molar-refractivity contribution in [2.45, 2.75) is 19.8 Å². The van der Waals surface area contributed by atoms with Crippen LogP contribution in [0.25, 0.3) is 0 Å². The maximum Gasteiger partial charge on any atom is 0.138 e. The lowest BCUT2D eigenvalue weighted by Crippen LogP contribution is -2.18. The van der Waals surface area contributed by atoms with Crippen molar-refractivity contribution >= 4 is 21.7 Å². The van der Waals surface area contributed by atoms with Gasteiger partial charge < -0.3 is 10.1 Å². The van der Waals surface area contributed by atoms with Gasteiger partial charge in [0.2, 0.25) is 0 Å². The van der Waals surface area contributed by atoms with Crippen LogP contribution in [0.4, 0.5) is 0 Å². The number of benzene rings is 1. The van der Waals surface area contributed by atoms with Gasteiger partial charge in [-0.2, -0.15) is 0 Å². The molecule has 0 fully saturated rings. The predicted octanol–water partition coefficient (Wildman–Crippen LogP) is 2.57. The van der Waals surface area contributed by atoms with E-state index in [4.69, 9.17) is 4.74 Å². The number of ether oxygens (including phenoxy) is 1. The summed E-state index contributed by atoms with van der Waals surface area (Å²) in [5, 5.41) is 3.14. The fourth-order valence-corrected chi connectivity index (χ4v) is 1.91. The number of hydrogen-bond donors (Lipinski definition) is 1. The summed E-state index contributed by atoms with van der Waals surface area (Å²) >= 11 is 3.45. The Kier molecular flexibility index (Phi) is 6.22. The highest BCUT2D eigenvalue weighted by Crippen LogP contribution is 2.23. The first kappa shape index (κ1) is 14.2. The van der Waals surface area contributed by atoms with E-state index in [1.165, 1.54) is 0 Å². The number of carbonyl (C=O) groups is 1. The van der Waals surface area contributed by atoms with Gasteiger partial charge in [-0.25, -0.2) is 0 Å². The molecule has 1 rings (SSSR count). The Bertz CT molecular complexity index is 380. The zero-order valence-electron chi connectivity index (χ0n) is 10.3. The predicted molar refractivity (Wildman–Crippen MR) is 72.6 cm³/mol. The Balaban J connectivity index is 2.57. The maximum atomic E-state index is 11.7. The van der Waals surface area contributed by atoms with Crippen LogP contribution in [0.3, 0.4) is 0 Å². The van der Waals surface area contributed by atoms with E-state index in [-0.39, 0.29) is 5.78 Å². The van der Waals surface area contributed by atoms with E-state index < -0.39 is 0 Å². The first-order valence-electron chi connectivity index (χ1n) is 5.72. The SMILES string of the molecule is CCNCCC(=O)Cc1cc(OC)ccc1Br. The van der Waals surface area contributed by atoms with Crippen LogP contribution >= 0.6 is 15.9 Å². The van der Waals surface area contributed by atoms with E-state index in [9.17, 15) is 4.79 Å². The van der Waals surface area contributed by atoms with Crippen LogP contribution in [-0.4, -0.2) is 26.0 Å². The Labute approximate surface area is 111 Å². The summed E-state index contributed by atoms with van der Waals surface area (Å²) in [5.41, 5.74) is 0.978. The maximum absolute atomic E-state index is 11.7. The van der Waals surface area contributed by atoms with Gasteiger partial charge in [0.25, 0.3) is 0 Å². The third-order valence-electron chi connectivity index (χ3n) is 2.47. The van der Waals surface area contributed by atoms with Crippen molar-refractivity contribution < 1.29 is 9.53 Å². The molecule has 17 heavy (non-hydrogen) atoms. The first-order chi connectivity index (χ1) is 8.17. The molecule has 0 aliphatic heterocycles. The number of hydrogen-bond acceptors (Lipinski definition) is 3. The average molecular weight is 300 g/mol. The number of carbonyl (C=O) groups excluding carboxylic acids is 1. The molecule has 0 spiro atoms. The summed E-state index contributed by atoms with van der Waals surface area (Å²) in [7, 11) is 1.63. The quantitative estimate of drug-likeness (QED) is 0.787. The van der Waals surface area contributed by atoms with E-state index in [2.05, 4.69) is 21.2 Å². The molecule has 1 aromatic carbocycles. The molecule has 1 N–H and O–H groups in total. The third-order valence-corrected chi connectivity index (χ3v) is 3.24. The van der Waals surface area contributed by atoms with Crippen LogP contribution in [0.1, 0.15) is 18.9 Å². The Morgan fingerprint density at radius 2 is 2.24 bits per heavy atom. The van der Waals surface area contributed by atoms with Gasteiger partial charge in [0, 0.05) is 23.9 Å². The third kappa shape index (κ3) is 4.88. The van der Waals surface area contributed by atoms with Crippen molar-refractivity contribution in [3.05, 3.63) is 28.2 Å². The zero-order chi connectivity index (χ0) is 12.7. The molecule has 0 bridgehead atoms. The molecule has 0 heterocycles. The molecule has 0 amide bonds. The number of ketones is 1. The second-order valence-corrected chi connectivity index (χ2v) is 4.63. The number of nitrogens with one attached hydrogen (secondary N) is 1. The smallest absolute Gasteiger partial charge is 0.138 e. The fraction of sp³-hybridized carbons (Fsp3) is 0.462. The lowest BCUT2D eigenvalue weighted by molar-refractivity contribution is -0.118. The van der Waals surface area contributed by atoms with Gasteiger partial charge in [0.05, 0.1) is 7.11 Å². The van der Waals surface area contributed by atoms with Gasteiger partial charge in [-0.1, -0.05) is 22.9 Å². The van der Waals surface area contributed by atoms with Crippen molar-refractivity contribution in [3.8, 4) is 5.75 Å². The second-order valence-electron chi connectivity index (χ2n) is 3.78. The highest BCUT2D eigenvalue weighted by molar-refractivity contribution is 9.10.